The third kappa shape index (κ3) is 2.99. The van der Waals surface area contributed by atoms with Gasteiger partial charge in [-0.3, -0.25) is 4.98 Å². The van der Waals surface area contributed by atoms with Crippen LogP contribution in [0.25, 0.3) is 10.8 Å². The van der Waals surface area contributed by atoms with E-state index in [9.17, 15) is 0 Å². The number of nitrogens with one attached hydrogen (secondary N) is 1. The molecule has 1 N–H and O–H groups in total. The SMILES string of the molecule is Cc1cc(Br)cc(NCc2ccc3cnccc3c2)c1. The van der Waals surface area contributed by atoms with E-state index < -0.39 is 0 Å². The van der Waals surface area contributed by atoms with Gasteiger partial charge in [0, 0.05) is 34.5 Å². The van der Waals surface area contributed by atoms with Crippen LogP contribution in [0.3, 0.4) is 0 Å². The molecule has 0 bridgehead atoms. The summed E-state index contributed by atoms with van der Waals surface area (Å²) in [7, 11) is 0. The van der Waals surface area contributed by atoms with E-state index in [2.05, 4.69) is 69.6 Å². The minimum absolute atomic E-state index is 0.814. The van der Waals surface area contributed by atoms with Crippen molar-refractivity contribution in [1.29, 1.82) is 0 Å². The van der Waals surface area contributed by atoms with E-state index in [4.69, 9.17) is 0 Å². The Morgan fingerprint density at radius 1 is 1.05 bits per heavy atom. The topological polar surface area (TPSA) is 24.9 Å². The number of aryl methyl sites for hydroxylation is 1. The third-order valence-corrected chi connectivity index (χ3v) is 3.70. The number of anilines is 1. The minimum Gasteiger partial charge on any atom is -0.381 e. The normalized spacial score (nSPS) is 10.7. The fourth-order valence-corrected chi connectivity index (χ4v) is 2.89. The van der Waals surface area contributed by atoms with Gasteiger partial charge in [-0.25, -0.2) is 0 Å². The van der Waals surface area contributed by atoms with Crippen molar-refractivity contribution >= 4 is 32.4 Å². The van der Waals surface area contributed by atoms with Crippen LogP contribution < -0.4 is 5.32 Å². The highest BCUT2D eigenvalue weighted by Crippen LogP contribution is 2.20. The molecule has 0 unspecified atom stereocenters. The quantitative estimate of drug-likeness (QED) is 0.739. The second-order valence-electron chi connectivity index (χ2n) is 4.93. The summed E-state index contributed by atoms with van der Waals surface area (Å²) in [5.41, 5.74) is 3.64. The standard InChI is InChI=1S/C17H15BrN2/c1-12-6-16(18)9-17(7-12)20-10-13-2-3-15-11-19-5-4-14(15)8-13/h2-9,11,20H,10H2,1H3. The fourth-order valence-electron chi connectivity index (χ4n) is 2.29. The molecule has 3 rings (SSSR count). The lowest BCUT2D eigenvalue weighted by Gasteiger charge is -2.09. The maximum absolute atomic E-state index is 4.13. The zero-order valence-corrected chi connectivity index (χ0v) is 12.8. The summed E-state index contributed by atoms with van der Waals surface area (Å²) in [4.78, 5) is 4.13. The van der Waals surface area contributed by atoms with Crippen LogP contribution in [0, 0.1) is 6.92 Å². The van der Waals surface area contributed by atoms with Gasteiger partial charge in [0.25, 0.3) is 0 Å². The van der Waals surface area contributed by atoms with Crippen molar-refractivity contribution in [3.8, 4) is 0 Å². The van der Waals surface area contributed by atoms with Gasteiger partial charge in [0.15, 0.2) is 0 Å². The molecule has 0 aliphatic rings. The number of benzene rings is 2. The van der Waals surface area contributed by atoms with Crippen LogP contribution in [0.15, 0.2) is 59.3 Å². The molecule has 0 amide bonds. The number of hydrogen-bond acceptors (Lipinski definition) is 2. The number of fused-ring (bicyclic) bond motifs is 1. The Balaban J connectivity index is 1.79. The molecule has 2 nitrogen and oxygen atoms in total. The highest BCUT2D eigenvalue weighted by Gasteiger charge is 1.99. The first-order valence-electron chi connectivity index (χ1n) is 6.54. The Morgan fingerprint density at radius 2 is 1.95 bits per heavy atom. The number of aromatic nitrogens is 1. The summed E-state index contributed by atoms with van der Waals surface area (Å²) >= 11 is 3.52. The average molecular weight is 327 g/mol. The highest BCUT2D eigenvalue weighted by molar-refractivity contribution is 9.10. The second kappa shape index (κ2) is 5.63. The summed E-state index contributed by atoms with van der Waals surface area (Å²) < 4.78 is 1.10. The summed E-state index contributed by atoms with van der Waals surface area (Å²) in [6, 6.07) is 14.9. The van der Waals surface area contributed by atoms with Gasteiger partial charge in [0.2, 0.25) is 0 Å². The highest BCUT2D eigenvalue weighted by atomic mass is 79.9. The molecule has 1 aromatic heterocycles. The van der Waals surface area contributed by atoms with E-state index in [0.29, 0.717) is 0 Å². The Hall–Kier alpha value is -1.87. The van der Waals surface area contributed by atoms with E-state index in [-0.39, 0.29) is 0 Å². The van der Waals surface area contributed by atoms with E-state index >= 15 is 0 Å². The molecule has 0 aliphatic carbocycles. The lowest BCUT2D eigenvalue weighted by molar-refractivity contribution is 1.15. The van der Waals surface area contributed by atoms with Gasteiger partial charge in [-0.15, -0.1) is 0 Å². The largest absolute Gasteiger partial charge is 0.381 e. The molecule has 0 atom stereocenters. The Kier molecular flexibility index (Phi) is 3.70. The fraction of sp³-hybridized carbons (Fsp3) is 0.118. The van der Waals surface area contributed by atoms with Crippen molar-refractivity contribution in [3.05, 3.63) is 70.5 Å². The van der Waals surface area contributed by atoms with Gasteiger partial charge in [0.1, 0.15) is 0 Å². The van der Waals surface area contributed by atoms with Crippen LogP contribution in [0.1, 0.15) is 11.1 Å². The summed E-state index contributed by atoms with van der Waals surface area (Å²) in [6.07, 6.45) is 3.72. The first-order chi connectivity index (χ1) is 9.70. The van der Waals surface area contributed by atoms with Crippen LogP contribution in [0.4, 0.5) is 5.69 Å². The molecule has 0 radical (unpaired) electrons. The lowest BCUT2D eigenvalue weighted by atomic mass is 10.1. The number of pyridine rings is 1. The zero-order valence-electron chi connectivity index (χ0n) is 11.2. The van der Waals surface area contributed by atoms with Crippen molar-refractivity contribution < 1.29 is 0 Å². The molecule has 0 spiro atoms. The Labute approximate surface area is 127 Å². The second-order valence-corrected chi connectivity index (χ2v) is 5.84. The van der Waals surface area contributed by atoms with Crippen LogP contribution >= 0.6 is 15.9 Å². The molecule has 3 heteroatoms. The predicted octanol–water partition coefficient (Wildman–Crippen LogP) is 4.92. The number of hydrogen-bond donors (Lipinski definition) is 1. The molecule has 20 heavy (non-hydrogen) atoms. The third-order valence-electron chi connectivity index (χ3n) is 3.24. The van der Waals surface area contributed by atoms with Crippen LogP contribution in [-0.4, -0.2) is 4.98 Å². The van der Waals surface area contributed by atoms with E-state index in [1.165, 1.54) is 21.9 Å². The molecule has 0 aliphatic heterocycles. The van der Waals surface area contributed by atoms with E-state index in [1.807, 2.05) is 18.5 Å². The zero-order chi connectivity index (χ0) is 13.9. The van der Waals surface area contributed by atoms with Crippen molar-refractivity contribution in [1.82, 2.24) is 4.98 Å². The molecule has 3 aromatic rings. The lowest BCUT2D eigenvalue weighted by Crippen LogP contribution is -1.99. The smallest absolute Gasteiger partial charge is 0.0401 e. The van der Waals surface area contributed by atoms with Gasteiger partial charge in [-0.1, -0.05) is 28.1 Å². The van der Waals surface area contributed by atoms with Gasteiger partial charge < -0.3 is 5.32 Å². The molecule has 100 valence electrons. The van der Waals surface area contributed by atoms with Crippen LogP contribution in [-0.2, 0) is 6.54 Å². The van der Waals surface area contributed by atoms with Gasteiger partial charge in [0.05, 0.1) is 0 Å². The molecule has 0 saturated carbocycles. The van der Waals surface area contributed by atoms with Gasteiger partial charge >= 0.3 is 0 Å². The first kappa shape index (κ1) is 13.1. The maximum Gasteiger partial charge on any atom is 0.0401 e. The molecular formula is C17H15BrN2. The van der Waals surface area contributed by atoms with Crippen molar-refractivity contribution in [2.75, 3.05) is 5.32 Å². The van der Waals surface area contributed by atoms with Crippen molar-refractivity contribution in [2.45, 2.75) is 13.5 Å². The van der Waals surface area contributed by atoms with Crippen LogP contribution in [0.2, 0.25) is 0 Å². The monoisotopic (exact) mass is 326 g/mol. The maximum atomic E-state index is 4.13. The molecule has 1 heterocycles. The Bertz CT molecular complexity index is 733. The van der Waals surface area contributed by atoms with E-state index in [0.717, 1.165) is 16.7 Å². The average Bonchev–Trinajstić information content (AvgIpc) is 2.44. The summed E-state index contributed by atoms with van der Waals surface area (Å²) in [5.74, 6) is 0. The molecule has 0 saturated heterocycles. The van der Waals surface area contributed by atoms with Gasteiger partial charge in [-0.05, 0) is 53.8 Å². The minimum atomic E-state index is 0.814. The molecular weight excluding hydrogens is 312 g/mol. The first-order valence-corrected chi connectivity index (χ1v) is 7.34. The van der Waals surface area contributed by atoms with Crippen molar-refractivity contribution in [3.63, 3.8) is 0 Å². The van der Waals surface area contributed by atoms with Gasteiger partial charge in [-0.2, -0.15) is 0 Å². The predicted molar refractivity (Wildman–Crippen MR) is 87.9 cm³/mol. The number of rotatable bonds is 3. The number of nitrogens with zero attached hydrogens (tertiary/aromatic N) is 1. The van der Waals surface area contributed by atoms with E-state index in [1.54, 1.807) is 0 Å². The summed E-state index contributed by atoms with van der Waals surface area (Å²) in [6.45, 7) is 2.91. The Morgan fingerprint density at radius 3 is 2.80 bits per heavy atom. The van der Waals surface area contributed by atoms with Crippen LogP contribution in [0.5, 0.6) is 0 Å². The summed E-state index contributed by atoms with van der Waals surface area (Å²) in [5, 5.41) is 5.86. The number of halogens is 1. The van der Waals surface area contributed by atoms with Crippen molar-refractivity contribution in [2.24, 2.45) is 0 Å². The molecule has 0 fully saturated rings. The molecule has 2 aromatic carbocycles.